The third kappa shape index (κ3) is 3.41. The van der Waals surface area contributed by atoms with Crippen LogP contribution in [-0.2, 0) is 9.53 Å². The number of carbonyl (C=O) groups is 3. The summed E-state index contributed by atoms with van der Waals surface area (Å²) in [7, 11) is 1.30. The maximum absolute atomic E-state index is 12.5. The highest BCUT2D eigenvalue weighted by atomic mass is 32.2. The Morgan fingerprint density at radius 2 is 1.72 bits per heavy atom. The van der Waals surface area contributed by atoms with Crippen molar-refractivity contribution in [2.24, 2.45) is 0 Å². The fourth-order valence-electron chi connectivity index (χ4n) is 2.28. The first kappa shape index (κ1) is 16.8. The van der Waals surface area contributed by atoms with Gasteiger partial charge in [0.05, 0.1) is 23.3 Å². The van der Waals surface area contributed by atoms with Crippen molar-refractivity contribution in [3.63, 3.8) is 0 Å². The summed E-state index contributed by atoms with van der Waals surface area (Å²) in [6.07, 6.45) is 1.59. The molecule has 1 N–H and O–H groups in total. The second-order valence-corrected chi connectivity index (χ2v) is 6.14. The van der Waals surface area contributed by atoms with Crippen molar-refractivity contribution >= 4 is 40.6 Å². The molecule has 1 aliphatic heterocycles. The van der Waals surface area contributed by atoms with Crippen LogP contribution in [0.5, 0.6) is 5.75 Å². The van der Waals surface area contributed by atoms with Crippen LogP contribution >= 0.6 is 11.8 Å². The first-order chi connectivity index (χ1) is 12.0. The number of rotatable bonds is 3. The molecule has 2 aromatic carbocycles. The molecule has 1 heterocycles. The number of hydrogen-bond acceptors (Lipinski definition) is 6. The zero-order valence-electron chi connectivity index (χ0n) is 13.1. The van der Waals surface area contributed by atoms with Crippen molar-refractivity contribution in [3.8, 4) is 5.75 Å². The summed E-state index contributed by atoms with van der Waals surface area (Å²) in [6, 6.07) is 12.3. The second kappa shape index (κ2) is 6.82. The lowest BCUT2D eigenvalue weighted by atomic mass is 10.1. The number of imide groups is 1. The highest BCUT2D eigenvalue weighted by molar-refractivity contribution is 8.19. The minimum atomic E-state index is -0.445. The Labute approximate surface area is 147 Å². The summed E-state index contributed by atoms with van der Waals surface area (Å²) in [4.78, 5) is 37.4. The molecule has 0 atom stereocenters. The van der Waals surface area contributed by atoms with Gasteiger partial charge in [0.15, 0.2) is 0 Å². The quantitative estimate of drug-likeness (QED) is 0.671. The number of carbonyl (C=O) groups excluding carboxylic acids is 3. The summed E-state index contributed by atoms with van der Waals surface area (Å²) in [5, 5.41) is 8.91. The molecule has 1 aliphatic rings. The van der Waals surface area contributed by atoms with E-state index in [0.717, 1.165) is 16.7 Å². The van der Waals surface area contributed by atoms with E-state index in [4.69, 9.17) is 0 Å². The summed E-state index contributed by atoms with van der Waals surface area (Å²) in [5.74, 6) is -0.825. The second-order valence-electron chi connectivity index (χ2n) is 5.15. The number of anilines is 1. The molecule has 126 valence electrons. The SMILES string of the molecule is COC(=O)c1ccc(/C=C2/SC(=O)N(c3ccc(O)cc3)C2=O)cc1. The van der Waals surface area contributed by atoms with Crippen LogP contribution in [0.1, 0.15) is 15.9 Å². The number of amides is 2. The van der Waals surface area contributed by atoms with Crippen LogP contribution in [0.25, 0.3) is 6.08 Å². The number of ether oxygens (including phenoxy) is 1. The van der Waals surface area contributed by atoms with Crippen molar-refractivity contribution in [1.29, 1.82) is 0 Å². The van der Waals surface area contributed by atoms with Gasteiger partial charge in [0, 0.05) is 0 Å². The molecule has 0 spiro atoms. The predicted molar refractivity (Wildman–Crippen MR) is 94.3 cm³/mol. The van der Waals surface area contributed by atoms with Gasteiger partial charge in [0.1, 0.15) is 5.75 Å². The molecule has 0 aromatic heterocycles. The van der Waals surface area contributed by atoms with Crippen molar-refractivity contribution < 1.29 is 24.2 Å². The molecule has 6 nitrogen and oxygen atoms in total. The number of nitrogens with zero attached hydrogens (tertiary/aromatic N) is 1. The van der Waals surface area contributed by atoms with E-state index < -0.39 is 17.1 Å². The van der Waals surface area contributed by atoms with E-state index in [9.17, 15) is 19.5 Å². The monoisotopic (exact) mass is 355 g/mol. The number of benzene rings is 2. The molecular weight excluding hydrogens is 342 g/mol. The molecule has 25 heavy (non-hydrogen) atoms. The van der Waals surface area contributed by atoms with Crippen molar-refractivity contribution in [2.45, 2.75) is 0 Å². The Morgan fingerprint density at radius 3 is 2.32 bits per heavy atom. The molecule has 1 saturated heterocycles. The van der Waals surface area contributed by atoms with Crippen LogP contribution in [0.3, 0.4) is 0 Å². The average Bonchev–Trinajstić information content (AvgIpc) is 2.89. The smallest absolute Gasteiger partial charge is 0.337 e. The Morgan fingerprint density at radius 1 is 1.08 bits per heavy atom. The van der Waals surface area contributed by atoms with Crippen LogP contribution in [0.2, 0.25) is 0 Å². The third-order valence-corrected chi connectivity index (χ3v) is 4.40. The zero-order chi connectivity index (χ0) is 18.0. The number of phenols is 1. The maximum Gasteiger partial charge on any atom is 0.337 e. The number of aromatic hydroxyl groups is 1. The highest BCUT2D eigenvalue weighted by Gasteiger charge is 2.36. The van der Waals surface area contributed by atoms with Gasteiger partial charge >= 0.3 is 5.97 Å². The summed E-state index contributed by atoms with van der Waals surface area (Å²) in [6.45, 7) is 0. The van der Waals surface area contributed by atoms with Gasteiger partial charge < -0.3 is 9.84 Å². The zero-order valence-corrected chi connectivity index (χ0v) is 13.9. The van der Waals surface area contributed by atoms with Crippen molar-refractivity contribution in [3.05, 3.63) is 64.6 Å². The number of methoxy groups -OCH3 is 1. The van der Waals surface area contributed by atoms with Crippen LogP contribution in [-0.4, -0.2) is 29.3 Å². The molecule has 3 rings (SSSR count). The standard InChI is InChI=1S/C18H13NO5S/c1-24-17(22)12-4-2-11(3-5-12)10-15-16(21)19(18(23)25-15)13-6-8-14(20)9-7-13/h2-10,20H,1H3/b15-10+. The molecule has 0 saturated carbocycles. The largest absolute Gasteiger partial charge is 0.508 e. The Balaban J connectivity index is 1.85. The molecule has 7 heteroatoms. The molecular formula is C18H13NO5S. The fourth-order valence-corrected chi connectivity index (χ4v) is 3.12. The van der Waals surface area contributed by atoms with Crippen molar-refractivity contribution in [1.82, 2.24) is 0 Å². The maximum atomic E-state index is 12.5. The summed E-state index contributed by atoms with van der Waals surface area (Å²) >= 11 is 0.835. The summed E-state index contributed by atoms with van der Waals surface area (Å²) in [5.41, 5.74) is 1.48. The van der Waals surface area contributed by atoms with Crippen LogP contribution in [0.4, 0.5) is 10.5 Å². The number of phenolic OH excluding ortho intramolecular Hbond substituents is 1. The first-order valence-electron chi connectivity index (χ1n) is 7.25. The minimum Gasteiger partial charge on any atom is -0.508 e. The van der Waals surface area contributed by atoms with Gasteiger partial charge in [-0.05, 0) is 59.8 Å². The Hall–Kier alpha value is -3.06. The molecule has 0 unspecified atom stereocenters. The molecule has 0 radical (unpaired) electrons. The summed E-state index contributed by atoms with van der Waals surface area (Å²) < 4.78 is 4.63. The van der Waals surface area contributed by atoms with E-state index in [1.165, 1.54) is 31.4 Å². The molecule has 2 amide bonds. The first-order valence-corrected chi connectivity index (χ1v) is 8.06. The van der Waals surface area contributed by atoms with Crippen LogP contribution in [0, 0.1) is 0 Å². The Bertz CT molecular complexity index is 871. The van der Waals surface area contributed by atoms with E-state index in [-0.39, 0.29) is 10.7 Å². The lowest BCUT2D eigenvalue weighted by molar-refractivity contribution is -0.113. The van der Waals surface area contributed by atoms with Gasteiger partial charge in [-0.25, -0.2) is 9.69 Å². The van der Waals surface area contributed by atoms with Crippen LogP contribution in [0.15, 0.2) is 53.4 Å². The van der Waals surface area contributed by atoms with E-state index in [2.05, 4.69) is 4.74 Å². The lowest BCUT2D eigenvalue weighted by Crippen LogP contribution is -2.27. The Kier molecular flexibility index (Phi) is 4.58. The molecule has 0 bridgehead atoms. The lowest BCUT2D eigenvalue weighted by Gasteiger charge is -2.12. The topological polar surface area (TPSA) is 83.9 Å². The highest BCUT2D eigenvalue weighted by Crippen LogP contribution is 2.36. The fraction of sp³-hybridized carbons (Fsp3) is 0.0556. The number of hydrogen-bond donors (Lipinski definition) is 1. The normalized spacial score (nSPS) is 15.7. The van der Waals surface area contributed by atoms with Gasteiger partial charge in [-0.2, -0.15) is 0 Å². The predicted octanol–water partition coefficient (Wildman–Crippen LogP) is 3.42. The van der Waals surface area contributed by atoms with Gasteiger partial charge in [-0.3, -0.25) is 9.59 Å². The van der Waals surface area contributed by atoms with Gasteiger partial charge in [0.2, 0.25) is 0 Å². The molecule has 1 fully saturated rings. The van der Waals surface area contributed by atoms with E-state index in [1.54, 1.807) is 30.3 Å². The average molecular weight is 355 g/mol. The molecule has 2 aromatic rings. The van der Waals surface area contributed by atoms with E-state index in [1.807, 2.05) is 0 Å². The third-order valence-electron chi connectivity index (χ3n) is 3.53. The van der Waals surface area contributed by atoms with Gasteiger partial charge in [-0.15, -0.1) is 0 Å². The van der Waals surface area contributed by atoms with E-state index >= 15 is 0 Å². The van der Waals surface area contributed by atoms with Crippen molar-refractivity contribution in [2.75, 3.05) is 12.0 Å². The number of esters is 1. The van der Waals surface area contributed by atoms with Gasteiger partial charge in [0.25, 0.3) is 11.1 Å². The number of thioether (sulfide) groups is 1. The van der Waals surface area contributed by atoms with E-state index in [0.29, 0.717) is 16.8 Å². The van der Waals surface area contributed by atoms with Gasteiger partial charge in [-0.1, -0.05) is 12.1 Å². The van der Waals surface area contributed by atoms with Crippen LogP contribution < -0.4 is 4.90 Å². The molecule has 0 aliphatic carbocycles. The minimum absolute atomic E-state index is 0.0527.